The van der Waals surface area contributed by atoms with Crippen LogP contribution < -0.4 is 5.73 Å². The van der Waals surface area contributed by atoms with E-state index < -0.39 is 5.97 Å². The lowest BCUT2D eigenvalue weighted by Crippen LogP contribution is -2.01. The zero-order chi connectivity index (χ0) is 10.6. The Morgan fingerprint density at radius 2 is 2.29 bits per heavy atom. The van der Waals surface area contributed by atoms with Gasteiger partial charge < -0.3 is 10.8 Å². The Morgan fingerprint density at radius 1 is 1.57 bits per heavy atom. The number of nitrogens with two attached hydrogens (primary N) is 1. The summed E-state index contributed by atoms with van der Waals surface area (Å²) in [4.78, 5) is 10.6. The van der Waals surface area contributed by atoms with Crippen LogP contribution in [0.5, 0.6) is 0 Å². The minimum absolute atomic E-state index is 0.140. The summed E-state index contributed by atoms with van der Waals surface area (Å²) in [6.45, 7) is 0. The average molecular weight is 256 g/mol. The van der Waals surface area contributed by atoms with Gasteiger partial charge in [-0.3, -0.25) is 0 Å². The van der Waals surface area contributed by atoms with Gasteiger partial charge in [0.2, 0.25) is 0 Å². The molecule has 3 N–H and O–H groups in total. The summed E-state index contributed by atoms with van der Waals surface area (Å²) in [5, 5.41) is 9.48. The molecule has 0 atom stereocenters. The third kappa shape index (κ3) is 2.60. The number of halogens is 1. The van der Waals surface area contributed by atoms with Gasteiger partial charge in [0.1, 0.15) is 0 Å². The Hall–Kier alpha value is -1.29. The van der Waals surface area contributed by atoms with Crippen LogP contribution in [0.3, 0.4) is 0 Å². The maximum Gasteiger partial charge on any atom is 0.337 e. The second kappa shape index (κ2) is 4.81. The zero-order valence-corrected chi connectivity index (χ0v) is 8.99. The fourth-order valence-corrected chi connectivity index (χ4v) is 1.25. The van der Waals surface area contributed by atoms with Gasteiger partial charge in [0, 0.05) is 11.0 Å². The van der Waals surface area contributed by atoms with E-state index in [1.807, 2.05) is 12.2 Å². The molecule has 0 radical (unpaired) electrons. The highest BCUT2D eigenvalue weighted by Gasteiger charge is 2.06. The highest BCUT2D eigenvalue weighted by molar-refractivity contribution is 9.09. The highest BCUT2D eigenvalue weighted by atomic mass is 79.9. The van der Waals surface area contributed by atoms with Gasteiger partial charge in [-0.15, -0.1) is 0 Å². The Kier molecular flexibility index (Phi) is 3.71. The van der Waals surface area contributed by atoms with Gasteiger partial charge in [0.05, 0.1) is 5.56 Å². The maximum absolute atomic E-state index is 10.6. The second-order valence-electron chi connectivity index (χ2n) is 2.71. The van der Waals surface area contributed by atoms with Crippen molar-refractivity contribution in [3.8, 4) is 0 Å². The number of carboxylic acids is 1. The minimum atomic E-state index is -1.00. The van der Waals surface area contributed by atoms with Crippen molar-refractivity contribution >= 4 is 33.7 Å². The van der Waals surface area contributed by atoms with E-state index in [0.29, 0.717) is 0 Å². The Morgan fingerprint density at radius 3 is 2.79 bits per heavy atom. The first-order chi connectivity index (χ1) is 6.65. The number of anilines is 1. The Bertz CT molecular complexity index is 374. The molecule has 0 aliphatic rings. The number of carbonyl (C=O) groups is 1. The molecule has 0 unspecified atom stereocenters. The first-order valence-electron chi connectivity index (χ1n) is 4.00. The van der Waals surface area contributed by atoms with E-state index in [9.17, 15) is 4.79 Å². The van der Waals surface area contributed by atoms with Crippen LogP contribution >= 0.6 is 15.9 Å². The van der Waals surface area contributed by atoms with Gasteiger partial charge in [-0.25, -0.2) is 4.79 Å². The van der Waals surface area contributed by atoms with Crippen LogP contribution in [0, 0.1) is 0 Å². The summed E-state index contributed by atoms with van der Waals surface area (Å²) < 4.78 is 0. The number of benzene rings is 1. The fourth-order valence-electron chi connectivity index (χ4n) is 1.06. The lowest BCUT2D eigenvalue weighted by Gasteiger charge is -2.01. The molecule has 0 amide bonds. The molecule has 0 saturated carbocycles. The number of aromatic carboxylic acids is 1. The summed E-state index contributed by atoms with van der Waals surface area (Å²) in [6, 6.07) is 4.87. The van der Waals surface area contributed by atoms with Crippen molar-refractivity contribution < 1.29 is 9.90 Å². The van der Waals surface area contributed by atoms with Crippen LogP contribution in [-0.2, 0) is 0 Å². The molecule has 0 heterocycles. The fraction of sp³-hybridized carbons (Fsp3) is 0.100. The second-order valence-corrected chi connectivity index (χ2v) is 3.36. The van der Waals surface area contributed by atoms with E-state index in [2.05, 4.69) is 15.9 Å². The number of alkyl halides is 1. The van der Waals surface area contributed by atoms with Crippen LogP contribution in [0.25, 0.3) is 6.08 Å². The van der Waals surface area contributed by atoms with Crippen molar-refractivity contribution in [3.63, 3.8) is 0 Å². The third-order valence-electron chi connectivity index (χ3n) is 1.71. The summed E-state index contributed by atoms with van der Waals surface area (Å²) in [6.07, 6.45) is 3.78. The third-order valence-corrected chi connectivity index (χ3v) is 2.08. The molecule has 1 aromatic carbocycles. The molecule has 0 saturated heterocycles. The van der Waals surface area contributed by atoms with E-state index in [1.54, 1.807) is 12.1 Å². The molecule has 0 aliphatic heterocycles. The quantitative estimate of drug-likeness (QED) is 0.644. The minimum Gasteiger partial charge on any atom is -0.478 e. The first-order valence-corrected chi connectivity index (χ1v) is 5.12. The first kappa shape index (κ1) is 10.8. The average Bonchev–Trinajstić information content (AvgIpc) is 2.14. The van der Waals surface area contributed by atoms with Crippen molar-refractivity contribution in [3.05, 3.63) is 35.4 Å². The summed E-state index contributed by atoms with van der Waals surface area (Å²) >= 11 is 3.25. The normalized spacial score (nSPS) is 10.6. The van der Waals surface area contributed by atoms with Crippen molar-refractivity contribution in [2.75, 3.05) is 11.1 Å². The van der Waals surface area contributed by atoms with Gasteiger partial charge >= 0.3 is 5.97 Å². The molecule has 0 bridgehead atoms. The molecule has 0 aromatic heterocycles. The van der Waals surface area contributed by atoms with Crippen LogP contribution in [0.2, 0.25) is 0 Å². The topological polar surface area (TPSA) is 63.3 Å². The number of hydrogen-bond acceptors (Lipinski definition) is 2. The number of rotatable bonds is 3. The van der Waals surface area contributed by atoms with Crippen molar-refractivity contribution in [1.29, 1.82) is 0 Å². The largest absolute Gasteiger partial charge is 0.478 e. The number of nitrogen functional groups attached to an aromatic ring is 1. The molecule has 4 heteroatoms. The summed E-state index contributed by atoms with van der Waals surface area (Å²) in [5.41, 5.74) is 6.89. The van der Waals surface area contributed by atoms with Crippen LogP contribution in [0.1, 0.15) is 15.9 Å². The summed E-state index contributed by atoms with van der Waals surface area (Å²) in [7, 11) is 0. The molecular weight excluding hydrogens is 246 g/mol. The molecular formula is C10H10BrNO2. The number of carboxylic acid groups (broad SMARTS) is 1. The van der Waals surface area contributed by atoms with Gasteiger partial charge in [0.15, 0.2) is 0 Å². The molecule has 1 aromatic rings. The van der Waals surface area contributed by atoms with Gasteiger partial charge in [-0.1, -0.05) is 34.1 Å². The SMILES string of the molecule is Nc1cc(C=CCBr)ccc1C(=O)O. The molecule has 14 heavy (non-hydrogen) atoms. The van der Waals surface area contributed by atoms with Gasteiger partial charge in [-0.2, -0.15) is 0 Å². The Balaban J connectivity index is 3.00. The summed E-state index contributed by atoms with van der Waals surface area (Å²) in [5.74, 6) is -1.00. The van der Waals surface area contributed by atoms with E-state index in [4.69, 9.17) is 10.8 Å². The van der Waals surface area contributed by atoms with E-state index in [1.165, 1.54) is 6.07 Å². The lowest BCUT2D eigenvalue weighted by atomic mass is 10.1. The van der Waals surface area contributed by atoms with Crippen LogP contribution in [0.4, 0.5) is 5.69 Å². The lowest BCUT2D eigenvalue weighted by molar-refractivity contribution is 0.0698. The molecule has 3 nitrogen and oxygen atoms in total. The molecule has 0 fully saturated rings. The molecule has 0 spiro atoms. The molecule has 0 aliphatic carbocycles. The van der Waals surface area contributed by atoms with E-state index in [-0.39, 0.29) is 11.3 Å². The van der Waals surface area contributed by atoms with Crippen LogP contribution in [0.15, 0.2) is 24.3 Å². The number of allylic oxidation sites excluding steroid dienone is 1. The van der Waals surface area contributed by atoms with Crippen LogP contribution in [-0.4, -0.2) is 16.4 Å². The van der Waals surface area contributed by atoms with E-state index in [0.717, 1.165) is 10.9 Å². The van der Waals surface area contributed by atoms with Gasteiger partial charge in [-0.05, 0) is 17.7 Å². The van der Waals surface area contributed by atoms with Crippen molar-refractivity contribution in [2.45, 2.75) is 0 Å². The molecule has 1 rings (SSSR count). The zero-order valence-electron chi connectivity index (χ0n) is 7.40. The Labute approximate surface area is 90.4 Å². The smallest absolute Gasteiger partial charge is 0.337 e. The standard InChI is InChI=1S/C10H10BrNO2/c11-5-1-2-7-3-4-8(10(13)14)9(12)6-7/h1-4,6H,5,12H2,(H,13,14). The predicted octanol–water partition coefficient (Wildman–Crippen LogP) is 2.38. The van der Waals surface area contributed by atoms with Gasteiger partial charge in [0.25, 0.3) is 0 Å². The number of hydrogen-bond donors (Lipinski definition) is 2. The molecule has 74 valence electrons. The van der Waals surface area contributed by atoms with E-state index >= 15 is 0 Å². The van der Waals surface area contributed by atoms with Crippen molar-refractivity contribution in [2.24, 2.45) is 0 Å². The highest BCUT2D eigenvalue weighted by Crippen LogP contribution is 2.15. The monoisotopic (exact) mass is 255 g/mol. The predicted molar refractivity (Wildman–Crippen MR) is 60.6 cm³/mol. The maximum atomic E-state index is 10.6. The van der Waals surface area contributed by atoms with Crippen molar-refractivity contribution in [1.82, 2.24) is 0 Å².